The largest absolute Gasteiger partial charge is 0.450 e. The molecule has 0 rings (SSSR count). The molecular formula is CH3N5O4S. The van der Waals surface area contributed by atoms with E-state index in [-0.39, 0.29) is 0 Å². The number of amidine groups is 1. The van der Waals surface area contributed by atoms with Gasteiger partial charge in [0.2, 0.25) is 0 Å². The van der Waals surface area contributed by atoms with Gasteiger partial charge in [-0.2, -0.15) is 18.8 Å². The van der Waals surface area contributed by atoms with E-state index in [1.807, 2.05) is 0 Å². The average Bonchev–Trinajstić information content (AvgIpc) is 1.79. The van der Waals surface area contributed by atoms with E-state index in [1.54, 1.807) is 0 Å². The Labute approximate surface area is 61.0 Å². The molecule has 0 aromatic carbocycles. The van der Waals surface area contributed by atoms with Crippen LogP contribution >= 0.6 is 0 Å². The lowest BCUT2D eigenvalue weighted by molar-refractivity contribution is 0.373. The quantitative estimate of drug-likeness (QED) is 0.100. The van der Waals surface area contributed by atoms with Crippen molar-refractivity contribution in [3.8, 4) is 0 Å². The molecule has 62 valence electrons. The summed E-state index contributed by atoms with van der Waals surface area (Å²) in [5.74, 6) is 0. The van der Waals surface area contributed by atoms with E-state index in [1.165, 1.54) is 5.43 Å². The zero-order chi connectivity index (χ0) is 8.91. The molecule has 0 aliphatic heterocycles. The number of hydrogen-bond acceptors (Lipinski definition) is 5. The topological polar surface area (TPSA) is 148 Å². The van der Waals surface area contributed by atoms with E-state index in [9.17, 15) is 8.42 Å². The summed E-state index contributed by atoms with van der Waals surface area (Å²) in [4.78, 5) is 2.12. The monoisotopic (exact) mass is 181 g/mol. The number of rotatable bonds is 2. The maximum Gasteiger partial charge on any atom is 0.450 e. The molecule has 11 heavy (non-hydrogen) atoms. The molecule has 0 radical (unpaired) electrons. The van der Waals surface area contributed by atoms with E-state index >= 15 is 0 Å². The van der Waals surface area contributed by atoms with Crippen LogP contribution in [0.2, 0.25) is 0 Å². The van der Waals surface area contributed by atoms with Crippen molar-refractivity contribution in [3.63, 3.8) is 0 Å². The summed E-state index contributed by atoms with van der Waals surface area (Å²) in [6.45, 7) is 0. The second-order valence-electron chi connectivity index (χ2n) is 1.14. The molecule has 0 bridgehead atoms. The second kappa shape index (κ2) is 3.61. The summed E-state index contributed by atoms with van der Waals surface area (Å²) in [5.41, 5.74) is 9.16. The van der Waals surface area contributed by atoms with Crippen molar-refractivity contribution in [2.75, 3.05) is 0 Å². The highest BCUT2D eigenvalue weighted by molar-refractivity contribution is 7.81. The van der Waals surface area contributed by atoms with Crippen molar-refractivity contribution < 1.29 is 17.2 Å². The second-order valence-corrected chi connectivity index (χ2v) is 2.16. The highest BCUT2D eigenvalue weighted by atomic mass is 32.3. The lowest BCUT2D eigenvalue weighted by Gasteiger charge is -1.95. The zero-order valence-corrected chi connectivity index (χ0v) is 5.74. The Morgan fingerprint density at radius 1 is 1.82 bits per heavy atom. The van der Waals surface area contributed by atoms with Gasteiger partial charge in [0, 0.05) is 0 Å². The van der Waals surface area contributed by atoms with Gasteiger partial charge in [0.15, 0.2) is 0 Å². The van der Waals surface area contributed by atoms with Gasteiger partial charge in [-0.25, -0.2) is 5.41 Å². The fourth-order valence-electron chi connectivity index (χ4n) is 0.192. The molecule has 0 saturated carbocycles. The third-order valence-corrected chi connectivity index (χ3v) is 0.762. The standard InChI is InChI=1S/CH3N5O4S/c2-1(4-6-5-3)10-11(7,8)9/h(H2,2,4)(H,7,8,9). The molecule has 0 amide bonds. The van der Waals surface area contributed by atoms with Crippen molar-refractivity contribution in [1.82, 2.24) is 5.43 Å². The van der Waals surface area contributed by atoms with Gasteiger partial charge in [0.25, 0.3) is 0 Å². The minimum atomic E-state index is -4.72. The van der Waals surface area contributed by atoms with Crippen LogP contribution in [0.25, 0.3) is 10.4 Å². The van der Waals surface area contributed by atoms with E-state index < -0.39 is 16.4 Å². The third-order valence-electron chi connectivity index (χ3n) is 0.385. The van der Waals surface area contributed by atoms with Crippen LogP contribution in [0.5, 0.6) is 0 Å². The molecule has 0 unspecified atom stereocenters. The summed E-state index contributed by atoms with van der Waals surface area (Å²) in [6, 6.07) is -1.09. The first kappa shape index (κ1) is 9.49. The lowest BCUT2D eigenvalue weighted by Crippen LogP contribution is -2.22. The first-order chi connectivity index (χ1) is 4.95. The lowest BCUT2D eigenvalue weighted by atomic mass is 11.2. The molecule has 0 heterocycles. The number of azide groups is 1. The summed E-state index contributed by atoms with van der Waals surface area (Å²) < 4.78 is 31.0. The van der Waals surface area contributed by atoms with Gasteiger partial charge in [-0.3, -0.25) is 4.55 Å². The van der Waals surface area contributed by atoms with E-state index in [0.29, 0.717) is 0 Å². The van der Waals surface area contributed by atoms with Crippen molar-refractivity contribution >= 4 is 16.4 Å². The van der Waals surface area contributed by atoms with Crippen LogP contribution < -0.4 is 5.43 Å². The Kier molecular flexibility index (Phi) is 3.11. The molecule has 9 nitrogen and oxygen atoms in total. The maximum absolute atomic E-state index is 9.82. The first-order valence-corrected chi connectivity index (χ1v) is 3.38. The molecule has 0 atom stereocenters. The maximum atomic E-state index is 9.82. The van der Waals surface area contributed by atoms with Crippen molar-refractivity contribution in [3.05, 3.63) is 10.4 Å². The highest BCUT2D eigenvalue weighted by Crippen LogP contribution is 1.84. The first-order valence-electron chi connectivity index (χ1n) is 2.01. The summed E-state index contributed by atoms with van der Waals surface area (Å²) in [7, 11) is -4.72. The minimum Gasteiger partial charge on any atom is -0.304 e. The SMILES string of the molecule is [N-]=[N+]=NNC(=N)OS(=O)(=O)O. The minimum absolute atomic E-state index is 1.09. The van der Waals surface area contributed by atoms with Gasteiger partial charge in [-0.15, -0.1) is 5.53 Å². The smallest absolute Gasteiger partial charge is 0.304 e. The molecule has 10 heteroatoms. The number of nitrogens with zero attached hydrogens (tertiary/aromatic N) is 3. The van der Waals surface area contributed by atoms with Gasteiger partial charge in [-0.1, -0.05) is 0 Å². The highest BCUT2D eigenvalue weighted by Gasteiger charge is 2.10. The van der Waals surface area contributed by atoms with Crippen LogP contribution in [-0.4, -0.2) is 19.0 Å². The molecular weight excluding hydrogens is 178 g/mol. The van der Waals surface area contributed by atoms with Crippen molar-refractivity contribution in [2.45, 2.75) is 0 Å². The van der Waals surface area contributed by atoms with Gasteiger partial charge in [0.1, 0.15) is 0 Å². The van der Waals surface area contributed by atoms with Gasteiger partial charge in [0.05, 0.1) is 0 Å². The van der Waals surface area contributed by atoms with E-state index in [2.05, 4.69) is 14.3 Å². The van der Waals surface area contributed by atoms with E-state index in [4.69, 9.17) is 15.5 Å². The van der Waals surface area contributed by atoms with E-state index in [0.717, 1.165) is 0 Å². The van der Waals surface area contributed by atoms with Gasteiger partial charge < -0.3 is 4.18 Å². The molecule has 3 N–H and O–H groups in total. The zero-order valence-electron chi connectivity index (χ0n) is 4.92. The molecule has 0 saturated heterocycles. The van der Waals surface area contributed by atoms with Crippen LogP contribution in [0.3, 0.4) is 0 Å². The fraction of sp³-hybridized carbons (Fsp3) is 0. The van der Waals surface area contributed by atoms with Crippen LogP contribution in [-0.2, 0) is 14.6 Å². The Morgan fingerprint density at radius 3 is 2.73 bits per heavy atom. The van der Waals surface area contributed by atoms with Crippen molar-refractivity contribution in [1.29, 1.82) is 5.41 Å². The average molecular weight is 181 g/mol. The number of nitrogens with one attached hydrogen (secondary N) is 2. The third kappa shape index (κ3) is 6.37. The van der Waals surface area contributed by atoms with Gasteiger partial charge in [-0.05, 0) is 5.22 Å². The van der Waals surface area contributed by atoms with Gasteiger partial charge >= 0.3 is 16.4 Å². The summed E-state index contributed by atoms with van der Waals surface area (Å²) >= 11 is 0. The van der Waals surface area contributed by atoms with Crippen LogP contribution in [0.1, 0.15) is 0 Å². The molecule has 0 aliphatic rings. The molecule has 0 aromatic rings. The predicted molar refractivity (Wildman–Crippen MR) is 32.6 cm³/mol. The summed E-state index contributed by atoms with van der Waals surface area (Å²) in [5, 5.41) is 9.07. The van der Waals surface area contributed by atoms with Crippen LogP contribution in [0, 0.1) is 5.41 Å². The molecule has 0 aromatic heterocycles. The summed E-state index contributed by atoms with van der Waals surface area (Å²) in [6.07, 6.45) is 0. The van der Waals surface area contributed by atoms with Crippen LogP contribution in [0.15, 0.2) is 5.22 Å². The molecule has 0 fully saturated rings. The Morgan fingerprint density at radius 2 is 2.36 bits per heavy atom. The molecule has 0 aliphatic carbocycles. The number of hydrogen-bond donors (Lipinski definition) is 3. The Bertz CT molecular complexity index is 286. The fourth-order valence-corrected chi connectivity index (χ4v) is 0.440. The Balaban J connectivity index is 4.00. The van der Waals surface area contributed by atoms with Crippen molar-refractivity contribution in [2.24, 2.45) is 5.22 Å². The van der Waals surface area contributed by atoms with Crippen LogP contribution in [0.4, 0.5) is 0 Å². The normalized spacial score (nSPS) is 9.55. The molecule has 0 spiro atoms. The Hall–Kier alpha value is -1.51. The predicted octanol–water partition coefficient (Wildman–Crippen LogP) is -0.445.